The summed E-state index contributed by atoms with van der Waals surface area (Å²) in [6.45, 7) is 1.73. The van der Waals surface area contributed by atoms with Crippen LogP contribution in [0.4, 0.5) is 0 Å². The molecule has 3 nitrogen and oxygen atoms in total. The van der Waals surface area contributed by atoms with Gasteiger partial charge in [0.1, 0.15) is 5.60 Å². The van der Waals surface area contributed by atoms with Crippen molar-refractivity contribution in [3.8, 4) is 0 Å². The minimum Gasteiger partial charge on any atom is -0.380 e. The Balaban J connectivity index is 2.32. The Bertz CT molecular complexity index is 408. The highest BCUT2D eigenvalue weighted by Crippen LogP contribution is 2.31. The molecule has 1 aromatic carbocycles. The molecule has 0 amide bonds. The lowest BCUT2D eigenvalue weighted by Gasteiger charge is -2.32. The standard InChI is InChI=1S/C15H22O3/c1-15(16,14(17-2)18-3)13-9-8-11-6-4-5-7-12(11)10-13/h8-10,14,16H,4-7H2,1-3H3/t15-/m1/s1. The average Bonchev–Trinajstić information content (AvgIpc) is 2.39. The molecule has 0 saturated carbocycles. The molecule has 0 radical (unpaired) electrons. The van der Waals surface area contributed by atoms with Crippen LogP contribution in [0.15, 0.2) is 18.2 Å². The van der Waals surface area contributed by atoms with Crippen molar-refractivity contribution < 1.29 is 14.6 Å². The third-order valence-corrected chi connectivity index (χ3v) is 3.82. The van der Waals surface area contributed by atoms with Crippen LogP contribution in [-0.4, -0.2) is 25.6 Å². The van der Waals surface area contributed by atoms with Crippen molar-refractivity contribution in [3.63, 3.8) is 0 Å². The van der Waals surface area contributed by atoms with Gasteiger partial charge < -0.3 is 14.6 Å². The van der Waals surface area contributed by atoms with Crippen molar-refractivity contribution in [2.24, 2.45) is 0 Å². The molecule has 0 aromatic heterocycles. The third kappa shape index (κ3) is 2.44. The fourth-order valence-electron chi connectivity index (χ4n) is 2.74. The first-order valence-corrected chi connectivity index (χ1v) is 6.50. The van der Waals surface area contributed by atoms with Crippen LogP contribution >= 0.6 is 0 Å². The Morgan fingerprint density at radius 1 is 1.11 bits per heavy atom. The molecule has 3 heteroatoms. The summed E-state index contributed by atoms with van der Waals surface area (Å²) in [7, 11) is 3.09. The molecule has 1 aromatic rings. The molecule has 1 aliphatic rings. The van der Waals surface area contributed by atoms with Crippen LogP contribution in [-0.2, 0) is 27.9 Å². The summed E-state index contributed by atoms with van der Waals surface area (Å²) in [5.41, 5.74) is 2.49. The highest BCUT2D eigenvalue weighted by Gasteiger charge is 2.34. The molecule has 1 N–H and O–H groups in total. The summed E-state index contributed by atoms with van der Waals surface area (Å²) >= 11 is 0. The summed E-state index contributed by atoms with van der Waals surface area (Å²) in [5, 5.41) is 10.6. The molecular formula is C15H22O3. The lowest BCUT2D eigenvalue weighted by molar-refractivity contribution is -0.213. The van der Waals surface area contributed by atoms with E-state index in [-0.39, 0.29) is 0 Å². The van der Waals surface area contributed by atoms with Crippen LogP contribution < -0.4 is 0 Å². The van der Waals surface area contributed by atoms with E-state index in [0.717, 1.165) is 18.4 Å². The Morgan fingerprint density at radius 2 is 1.72 bits per heavy atom. The van der Waals surface area contributed by atoms with E-state index >= 15 is 0 Å². The summed E-state index contributed by atoms with van der Waals surface area (Å²) in [4.78, 5) is 0. The molecule has 0 fully saturated rings. The number of benzene rings is 1. The lowest BCUT2D eigenvalue weighted by atomic mass is 9.86. The first-order valence-electron chi connectivity index (χ1n) is 6.50. The number of aliphatic hydroxyl groups is 1. The maximum absolute atomic E-state index is 10.6. The van der Waals surface area contributed by atoms with Gasteiger partial charge in [-0.05, 0) is 49.3 Å². The maximum Gasteiger partial charge on any atom is 0.189 e. The normalized spacial score (nSPS) is 18.5. The number of hydrogen-bond acceptors (Lipinski definition) is 3. The average molecular weight is 250 g/mol. The molecule has 0 spiro atoms. The van der Waals surface area contributed by atoms with Gasteiger partial charge in [0.05, 0.1) is 0 Å². The zero-order valence-electron chi connectivity index (χ0n) is 11.4. The number of hydrogen-bond donors (Lipinski definition) is 1. The topological polar surface area (TPSA) is 38.7 Å². The van der Waals surface area contributed by atoms with Gasteiger partial charge in [-0.3, -0.25) is 0 Å². The van der Waals surface area contributed by atoms with E-state index in [9.17, 15) is 5.11 Å². The zero-order valence-corrected chi connectivity index (χ0v) is 11.4. The molecule has 2 rings (SSSR count). The van der Waals surface area contributed by atoms with Crippen LogP contribution in [0.3, 0.4) is 0 Å². The predicted molar refractivity (Wildman–Crippen MR) is 70.5 cm³/mol. The van der Waals surface area contributed by atoms with Crippen molar-refractivity contribution in [1.29, 1.82) is 0 Å². The molecule has 0 saturated heterocycles. The third-order valence-electron chi connectivity index (χ3n) is 3.82. The molecule has 1 atom stereocenters. The van der Waals surface area contributed by atoms with E-state index in [4.69, 9.17) is 9.47 Å². The zero-order chi connectivity index (χ0) is 13.2. The fraction of sp³-hybridized carbons (Fsp3) is 0.600. The summed E-state index contributed by atoms with van der Waals surface area (Å²) in [6, 6.07) is 6.20. The molecule has 100 valence electrons. The smallest absolute Gasteiger partial charge is 0.189 e. The first-order chi connectivity index (χ1) is 8.59. The maximum atomic E-state index is 10.6. The van der Waals surface area contributed by atoms with Gasteiger partial charge in [0.25, 0.3) is 0 Å². The molecule has 0 aliphatic heterocycles. The molecule has 18 heavy (non-hydrogen) atoms. The van der Waals surface area contributed by atoms with Crippen LogP contribution in [0.25, 0.3) is 0 Å². The van der Waals surface area contributed by atoms with Gasteiger partial charge in [-0.2, -0.15) is 0 Å². The quantitative estimate of drug-likeness (QED) is 0.834. The Hall–Kier alpha value is -0.900. The molecule has 0 unspecified atom stereocenters. The van der Waals surface area contributed by atoms with Crippen molar-refractivity contribution >= 4 is 0 Å². The van der Waals surface area contributed by atoms with E-state index in [0.29, 0.717) is 0 Å². The molecule has 1 aliphatic carbocycles. The van der Waals surface area contributed by atoms with E-state index < -0.39 is 11.9 Å². The van der Waals surface area contributed by atoms with Gasteiger partial charge >= 0.3 is 0 Å². The number of aryl methyl sites for hydroxylation is 2. The van der Waals surface area contributed by atoms with E-state index in [1.165, 1.54) is 24.0 Å². The highest BCUT2D eigenvalue weighted by molar-refractivity contribution is 5.36. The van der Waals surface area contributed by atoms with Crippen molar-refractivity contribution in [3.05, 3.63) is 34.9 Å². The van der Waals surface area contributed by atoms with Gasteiger partial charge in [-0.25, -0.2) is 0 Å². The molecule has 0 heterocycles. The van der Waals surface area contributed by atoms with Crippen molar-refractivity contribution in [2.45, 2.75) is 44.5 Å². The molecular weight excluding hydrogens is 228 g/mol. The van der Waals surface area contributed by atoms with Crippen molar-refractivity contribution in [1.82, 2.24) is 0 Å². The highest BCUT2D eigenvalue weighted by atomic mass is 16.7. The monoisotopic (exact) mass is 250 g/mol. The van der Waals surface area contributed by atoms with Crippen LogP contribution in [0.1, 0.15) is 36.5 Å². The van der Waals surface area contributed by atoms with Crippen LogP contribution in [0, 0.1) is 0 Å². The van der Waals surface area contributed by atoms with Crippen LogP contribution in [0.5, 0.6) is 0 Å². The van der Waals surface area contributed by atoms with E-state index in [1.54, 1.807) is 21.1 Å². The largest absolute Gasteiger partial charge is 0.380 e. The minimum atomic E-state index is -1.13. The number of fused-ring (bicyclic) bond motifs is 1. The van der Waals surface area contributed by atoms with Crippen LogP contribution in [0.2, 0.25) is 0 Å². The molecule has 0 bridgehead atoms. The SMILES string of the molecule is COC(OC)[C@](C)(O)c1ccc2c(c1)CCCC2. The lowest BCUT2D eigenvalue weighted by Crippen LogP contribution is -2.39. The predicted octanol–water partition coefficient (Wildman–Crippen LogP) is 2.39. The minimum absolute atomic E-state index is 0.654. The Kier molecular flexibility index (Phi) is 4.05. The van der Waals surface area contributed by atoms with Gasteiger partial charge in [0.2, 0.25) is 0 Å². The fourth-order valence-corrected chi connectivity index (χ4v) is 2.74. The van der Waals surface area contributed by atoms with Gasteiger partial charge in [0.15, 0.2) is 6.29 Å². The van der Waals surface area contributed by atoms with E-state index in [1.807, 2.05) is 6.07 Å². The second kappa shape index (κ2) is 5.39. The van der Waals surface area contributed by atoms with Gasteiger partial charge in [0, 0.05) is 14.2 Å². The van der Waals surface area contributed by atoms with Gasteiger partial charge in [-0.1, -0.05) is 18.2 Å². The summed E-state index contributed by atoms with van der Waals surface area (Å²) < 4.78 is 10.4. The Labute approximate surface area is 109 Å². The number of ether oxygens (including phenoxy) is 2. The Morgan fingerprint density at radius 3 is 2.33 bits per heavy atom. The van der Waals surface area contributed by atoms with E-state index in [2.05, 4.69) is 12.1 Å². The second-order valence-electron chi connectivity index (χ2n) is 5.14. The number of methoxy groups -OCH3 is 2. The first kappa shape index (κ1) is 13.5. The van der Waals surface area contributed by atoms with Crippen molar-refractivity contribution in [2.75, 3.05) is 14.2 Å². The van der Waals surface area contributed by atoms with Gasteiger partial charge in [-0.15, -0.1) is 0 Å². The number of rotatable bonds is 4. The summed E-state index contributed by atoms with van der Waals surface area (Å²) in [5.74, 6) is 0. The second-order valence-corrected chi connectivity index (χ2v) is 5.14. The summed E-state index contributed by atoms with van der Waals surface area (Å²) in [6.07, 6.45) is 4.09.